The normalized spacial score (nSPS) is 14.7. The Hall–Kier alpha value is -9.98. The summed E-state index contributed by atoms with van der Waals surface area (Å²) in [6.07, 6.45) is 0. The van der Waals surface area contributed by atoms with Crippen LogP contribution in [0.5, 0.6) is 0 Å². The van der Waals surface area contributed by atoms with E-state index in [-0.39, 0.29) is 67.7 Å². The third kappa shape index (κ3) is 7.60. The quantitative estimate of drug-likeness (QED) is 0.0609. The van der Waals surface area contributed by atoms with Crippen LogP contribution in [0.3, 0.4) is 0 Å². The standard InChI is InChI=1S/C57H24F4N6O6S2/c58-41-15-35-37(17-43(41)60)53(68)51(49(35)31(21-62)22-63)66-47-13-29-11-39-33(19-45(29)74-47)34-20-46-30(14-48(75-46)67-52-50(32(23-64)24-65)36-16-42(59)44(61)18-38(36)54(52)69)12-40(34)57(39,55(70)72-25-27-7-3-1-4-8-27)56(71)73-26-28-9-5-2-6-10-28/h1-20H,25-26H2. The second-order valence-corrected chi connectivity index (χ2v) is 19.2. The van der Waals surface area contributed by atoms with Crippen molar-refractivity contribution in [2.24, 2.45) is 9.98 Å². The van der Waals surface area contributed by atoms with Crippen molar-refractivity contribution in [2.45, 2.75) is 18.6 Å². The molecule has 0 unspecified atom stereocenters. The zero-order valence-corrected chi connectivity index (χ0v) is 39.6. The van der Waals surface area contributed by atoms with Gasteiger partial charge in [-0.25, -0.2) is 27.5 Å². The van der Waals surface area contributed by atoms with Crippen molar-refractivity contribution in [2.75, 3.05) is 0 Å². The molecule has 0 saturated heterocycles. The van der Waals surface area contributed by atoms with Gasteiger partial charge in [0.1, 0.15) is 70.1 Å². The van der Waals surface area contributed by atoms with Crippen LogP contribution in [0.1, 0.15) is 54.1 Å². The molecule has 0 saturated carbocycles. The number of rotatable bonds is 8. The van der Waals surface area contributed by atoms with Crippen LogP contribution in [-0.2, 0) is 37.7 Å². The number of esters is 2. The van der Waals surface area contributed by atoms with Gasteiger partial charge in [-0.1, -0.05) is 60.7 Å². The van der Waals surface area contributed by atoms with Crippen LogP contribution >= 0.6 is 22.7 Å². The third-order valence-corrected chi connectivity index (χ3v) is 14.9. The van der Waals surface area contributed by atoms with Gasteiger partial charge in [-0.2, -0.15) is 21.0 Å². The number of aliphatic imine (C=N–C) groups is 2. The number of hydrogen-bond acceptors (Lipinski definition) is 14. The summed E-state index contributed by atoms with van der Waals surface area (Å²) in [5.41, 5.74) is -3.64. The van der Waals surface area contributed by atoms with Crippen LogP contribution in [0, 0.1) is 68.6 Å². The molecule has 358 valence electrons. The molecule has 6 aromatic carbocycles. The molecule has 0 atom stereocenters. The molecular weight excluding hydrogens is 1000 g/mol. The predicted molar refractivity (Wildman–Crippen MR) is 268 cm³/mol. The van der Waals surface area contributed by atoms with E-state index in [0.717, 1.165) is 34.8 Å². The first-order valence-electron chi connectivity index (χ1n) is 22.2. The number of benzene rings is 6. The van der Waals surface area contributed by atoms with Crippen molar-refractivity contribution < 1.29 is 46.2 Å². The van der Waals surface area contributed by atoms with Gasteiger partial charge in [-0.3, -0.25) is 19.2 Å². The fraction of sp³-hybridized carbons (Fsp3) is 0.0526. The lowest BCUT2D eigenvalue weighted by molar-refractivity contribution is -0.164. The predicted octanol–water partition coefficient (Wildman–Crippen LogP) is 12.0. The maximum Gasteiger partial charge on any atom is 0.333 e. The second kappa shape index (κ2) is 18.3. The fourth-order valence-corrected chi connectivity index (χ4v) is 11.4. The molecule has 12 nitrogen and oxygen atoms in total. The summed E-state index contributed by atoms with van der Waals surface area (Å²) in [4.78, 5) is 67.3. The number of nitrogens with zero attached hydrogens (tertiary/aromatic N) is 6. The molecule has 11 rings (SSSR count). The summed E-state index contributed by atoms with van der Waals surface area (Å²) < 4.78 is 71.3. The monoisotopic (exact) mass is 1030 g/mol. The molecule has 0 N–H and O–H groups in total. The minimum absolute atomic E-state index is 0.138. The van der Waals surface area contributed by atoms with Crippen molar-refractivity contribution in [1.82, 2.24) is 0 Å². The number of carbonyl (C=O) groups excluding carboxylic acids is 4. The molecular formula is C57H24F4N6O6S2. The molecule has 0 amide bonds. The smallest absolute Gasteiger partial charge is 0.333 e. The molecule has 18 heteroatoms. The first kappa shape index (κ1) is 47.4. The molecule has 0 bridgehead atoms. The van der Waals surface area contributed by atoms with E-state index in [1.54, 1.807) is 121 Å². The largest absolute Gasteiger partial charge is 0.459 e. The first-order valence-corrected chi connectivity index (χ1v) is 23.8. The van der Waals surface area contributed by atoms with E-state index in [9.17, 15) is 48.2 Å². The SMILES string of the molecule is N#CC(C#N)=C1C(=Nc2cc3cc4c(cc3s2)-c2cc3sc(N=C5C(=O)c6cc(F)c(F)cc6C5=C(C#N)C#N)cc3cc2C4(C(=O)OCc2ccccc2)C(=O)OCc2ccccc2)C(=O)c2cc(F)c(F)cc21. The number of ketones is 2. The summed E-state index contributed by atoms with van der Waals surface area (Å²) in [5.74, 6) is -9.03. The highest BCUT2D eigenvalue weighted by Gasteiger charge is 2.58. The van der Waals surface area contributed by atoms with Gasteiger partial charge >= 0.3 is 11.9 Å². The molecule has 8 aromatic rings. The molecule has 0 fully saturated rings. The van der Waals surface area contributed by atoms with Crippen LogP contribution in [0.4, 0.5) is 27.6 Å². The molecule has 0 aliphatic heterocycles. The lowest BCUT2D eigenvalue weighted by Gasteiger charge is -2.28. The second-order valence-electron chi connectivity index (χ2n) is 17.1. The molecule has 2 heterocycles. The van der Waals surface area contributed by atoms with Crippen molar-refractivity contribution in [3.8, 4) is 35.4 Å². The highest BCUT2D eigenvalue weighted by Crippen LogP contribution is 2.55. The molecule has 3 aliphatic carbocycles. The van der Waals surface area contributed by atoms with E-state index in [1.165, 1.54) is 0 Å². The van der Waals surface area contributed by atoms with Crippen LogP contribution < -0.4 is 0 Å². The minimum atomic E-state index is -2.35. The van der Waals surface area contributed by atoms with Gasteiger partial charge in [0.15, 0.2) is 23.3 Å². The van der Waals surface area contributed by atoms with Gasteiger partial charge < -0.3 is 9.47 Å². The summed E-state index contributed by atoms with van der Waals surface area (Å²) in [6, 6.07) is 36.8. The number of allylic oxidation sites excluding steroid dienone is 4. The Balaban J connectivity index is 1.11. The summed E-state index contributed by atoms with van der Waals surface area (Å²) in [7, 11) is 0. The van der Waals surface area contributed by atoms with Crippen molar-refractivity contribution in [3.63, 3.8) is 0 Å². The van der Waals surface area contributed by atoms with Gasteiger partial charge in [0.2, 0.25) is 17.0 Å². The van der Waals surface area contributed by atoms with Crippen molar-refractivity contribution in [3.05, 3.63) is 200 Å². The highest BCUT2D eigenvalue weighted by atomic mass is 32.1. The number of thiophene rings is 2. The molecule has 0 spiro atoms. The number of nitriles is 4. The Morgan fingerprint density at radius 2 is 0.853 bits per heavy atom. The first-order chi connectivity index (χ1) is 36.3. The lowest BCUT2D eigenvalue weighted by Crippen LogP contribution is -2.45. The topological polar surface area (TPSA) is 207 Å². The fourth-order valence-electron chi connectivity index (χ4n) is 9.49. The Morgan fingerprint density at radius 1 is 0.493 bits per heavy atom. The van der Waals surface area contributed by atoms with Crippen molar-refractivity contribution >= 4 is 98.9 Å². The minimum Gasteiger partial charge on any atom is -0.459 e. The molecule has 2 aromatic heterocycles. The van der Waals surface area contributed by atoms with Gasteiger partial charge in [-0.05, 0) is 105 Å². The average molecular weight is 1030 g/mol. The van der Waals surface area contributed by atoms with Crippen LogP contribution in [0.2, 0.25) is 0 Å². The Labute approximate surface area is 428 Å². The average Bonchev–Trinajstić information content (AvgIpc) is 4.25. The lowest BCUT2D eigenvalue weighted by atomic mass is 9.77. The number of ether oxygens (including phenoxy) is 2. The number of carbonyl (C=O) groups is 4. The van der Waals surface area contributed by atoms with E-state index in [4.69, 9.17) is 9.47 Å². The van der Waals surface area contributed by atoms with Crippen LogP contribution in [0.15, 0.2) is 142 Å². The van der Waals surface area contributed by atoms with Crippen molar-refractivity contribution in [1.29, 1.82) is 21.0 Å². The Bertz CT molecular complexity index is 3960. The van der Waals surface area contributed by atoms with Gasteiger partial charge in [-0.15, -0.1) is 22.7 Å². The summed E-state index contributed by atoms with van der Waals surface area (Å²) in [6.45, 7) is -0.521. The Morgan fingerprint density at radius 3 is 1.21 bits per heavy atom. The van der Waals surface area contributed by atoms with E-state index >= 15 is 9.59 Å². The molecule has 75 heavy (non-hydrogen) atoms. The van der Waals surface area contributed by atoms with Crippen LogP contribution in [-0.4, -0.2) is 34.9 Å². The zero-order chi connectivity index (χ0) is 52.4. The zero-order valence-electron chi connectivity index (χ0n) is 37.9. The maximum absolute atomic E-state index is 15.3. The van der Waals surface area contributed by atoms with E-state index in [0.29, 0.717) is 54.6 Å². The van der Waals surface area contributed by atoms with Gasteiger partial charge in [0.25, 0.3) is 0 Å². The van der Waals surface area contributed by atoms with E-state index in [2.05, 4.69) is 9.98 Å². The summed E-state index contributed by atoms with van der Waals surface area (Å²) in [5, 5.41) is 40.6. The number of Topliss-reactive ketones (excluding diaryl/α,β-unsaturated/α-hetero) is 2. The van der Waals surface area contributed by atoms with Gasteiger partial charge in [0.05, 0.1) is 0 Å². The number of fused-ring (bicyclic) bond motifs is 7. The maximum atomic E-state index is 15.3. The number of halogens is 4. The van der Waals surface area contributed by atoms with E-state index in [1.807, 2.05) is 0 Å². The molecule has 3 aliphatic rings. The van der Waals surface area contributed by atoms with E-state index < -0.39 is 74.8 Å². The van der Waals surface area contributed by atoms with Gasteiger partial charge in [0, 0.05) is 42.8 Å². The third-order valence-electron chi connectivity index (χ3n) is 12.9. The highest BCUT2D eigenvalue weighted by molar-refractivity contribution is 7.23. The summed E-state index contributed by atoms with van der Waals surface area (Å²) >= 11 is 2.10. The Kier molecular flexibility index (Phi) is 11.5. The van der Waals surface area contributed by atoms with Crippen LogP contribution in [0.25, 0.3) is 42.4 Å². The number of hydrogen-bond donors (Lipinski definition) is 0. The molecule has 0 radical (unpaired) electrons.